The van der Waals surface area contributed by atoms with Crippen LogP contribution >= 0.6 is 0 Å². The Labute approximate surface area is 311 Å². The first-order valence-corrected chi connectivity index (χ1v) is 15.0. The van der Waals surface area contributed by atoms with E-state index >= 15 is 0 Å². The van der Waals surface area contributed by atoms with E-state index in [1.165, 1.54) is 0 Å². The van der Waals surface area contributed by atoms with Crippen LogP contribution < -0.4 is 0 Å². The largest absolute Gasteiger partial charge is 0.393 e. The van der Waals surface area contributed by atoms with E-state index in [0.29, 0.717) is 6.42 Å². The summed E-state index contributed by atoms with van der Waals surface area (Å²) in [7, 11) is 0. The van der Waals surface area contributed by atoms with Crippen LogP contribution in [0.4, 0.5) is 0 Å². The second-order valence-electron chi connectivity index (χ2n) is 10.4. The van der Waals surface area contributed by atoms with E-state index in [2.05, 4.69) is 42.0 Å². The molecule has 0 spiro atoms. The van der Waals surface area contributed by atoms with Gasteiger partial charge in [-0.25, -0.2) is 9.97 Å². The number of aliphatic hydroxyl groups excluding tert-OH is 2. The van der Waals surface area contributed by atoms with E-state index in [-0.39, 0.29) is 52.4 Å². The molecule has 0 aliphatic carbocycles. The normalized spacial score (nSPS) is 10.8. The van der Waals surface area contributed by atoms with Gasteiger partial charge in [0.15, 0.2) is 5.82 Å². The smallest absolute Gasteiger partial charge is 0.159 e. The van der Waals surface area contributed by atoms with Crippen LogP contribution in [-0.2, 0) is 40.2 Å². The Morgan fingerprint density at radius 2 is 0.896 bits per heavy atom. The van der Waals surface area contributed by atoms with Crippen LogP contribution in [0.3, 0.4) is 0 Å². The molecule has 254 valence electrons. The topological polar surface area (TPSA) is 118 Å². The summed E-state index contributed by atoms with van der Waals surface area (Å²) in [6.45, 7) is 9.19. The maximum atomic E-state index is 8.56. The molecule has 0 saturated carbocycles. The van der Waals surface area contributed by atoms with E-state index < -0.39 is 0 Å². The number of rotatable bonds is 5. The number of aliphatic hydroxyl groups is 2. The van der Waals surface area contributed by atoms with Gasteiger partial charge in [-0.15, -0.1) is 71.8 Å². The molecule has 6 aromatic rings. The SMILES string of the molecule is CC(O)CC(C)O.Cc1ccnc(-c2[c-]cccc2)n1.Cc1ccnc(-c2[c-]cccc2)n1.Cc1ccnc(-c2ccccc2)n1.[Ir].[Ir]. The van der Waals surface area contributed by atoms with Gasteiger partial charge in [0.1, 0.15) is 0 Å². The Balaban J connectivity index is 0.000000323. The van der Waals surface area contributed by atoms with Gasteiger partial charge in [-0.3, -0.25) is 19.9 Å². The molecule has 48 heavy (non-hydrogen) atoms. The Morgan fingerprint density at radius 1 is 0.521 bits per heavy atom. The van der Waals surface area contributed by atoms with Crippen LogP contribution in [0.5, 0.6) is 0 Å². The fourth-order valence-electron chi connectivity index (χ4n) is 3.89. The number of hydrogen-bond acceptors (Lipinski definition) is 8. The molecular weight excluding hydrogens is 957 g/mol. The van der Waals surface area contributed by atoms with Gasteiger partial charge in [0.05, 0.1) is 23.9 Å². The van der Waals surface area contributed by atoms with Crippen molar-refractivity contribution in [2.75, 3.05) is 0 Å². The Kier molecular flexibility index (Phi) is 20.6. The van der Waals surface area contributed by atoms with Crippen LogP contribution in [0.1, 0.15) is 37.4 Å². The fourth-order valence-corrected chi connectivity index (χ4v) is 3.89. The number of benzene rings is 3. The van der Waals surface area contributed by atoms with Gasteiger partial charge in [-0.05, 0) is 59.2 Å². The molecule has 0 saturated heterocycles. The molecule has 3 heterocycles. The van der Waals surface area contributed by atoms with Gasteiger partial charge in [0, 0.05) is 81.4 Å². The minimum atomic E-state index is -0.375. The van der Waals surface area contributed by atoms with Crippen molar-refractivity contribution >= 4 is 0 Å². The molecule has 2 N–H and O–H groups in total. The second kappa shape index (κ2) is 23.4. The van der Waals surface area contributed by atoms with Crippen LogP contribution in [0.2, 0.25) is 0 Å². The first kappa shape index (κ1) is 42.1. The molecule has 6 rings (SSSR count). The van der Waals surface area contributed by atoms with Crippen molar-refractivity contribution in [2.45, 2.75) is 53.2 Å². The summed E-state index contributed by atoms with van der Waals surface area (Å²) in [4.78, 5) is 25.5. The van der Waals surface area contributed by atoms with Crippen molar-refractivity contribution in [2.24, 2.45) is 0 Å². The van der Waals surface area contributed by atoms with Crippen molar-refractivity contribution in [3.8, 4) is 34.2 Å². The van der Waals surface area contributed by atoms with Gasteiger partial charge >= 0.3 is 0 Å². The van der Waals surface area contributed by atoms with Crippen molar-refractivity contribution in [3.05, 3.63) is 145 Å². The molecule has 8 nitrogen and oxygen atoms in total. The van der Waals surface area contributed by atoms with E-state index in [4.69, 9.17) is 10.2 Å². The molecule has 0 aliphatic rings. The zero-order valence-electron chi connectivity index (χ0n) is 27.6. The summed E-state index contributed by atoms with van der Waals surface area (Å²) < 4.78 is 0. The number of hydrogen-bond donors (Lipinski definition) is 2. The maximum absolute atomic E-state index is 8.56. The van der Waals surface area contributed by atoms with Crippen LogP contribution in [0.15, 0.2) is 116 Å². The third kappa shape index (κ3) is 16.3. The number of aryl methyl sites for hydroxylation is 3. The van der Waals surface area contributed by atoms with Crippen molar-refractivity contribution in [1.29, 1.82) is 0 Å². The standard InChI is InChI=1S/C11H10N2.2C11H9N2.C5H12O2.2Ir/c3*1-9-7-8-12-11(13-9)10-5-3-2-4-6-10;1-4(6)3-5(2)7;;/h2-8H,1H3;2*2-5,7-8H,1H3;4-7H,3H2,1-2H3;;/q;2*-1;;;. The molecule has 10 heteroatoms. The quantitative estimate of drug-likeness (QED) is 0.176. The Bertz CT molecular complexity index is 1510. The van der Waals surface area contributed by atoms with Crippen LogP contribution in [-0.4, -0.2) is 52.3 Å². The average Bonchev–Trinajstić information content (AvgIpc) is 3.06. The zero-order valence-corrected chi connectivity index (χ0v) is 32.4. The molecule has 2 atom stereocenters. The fraction of sp³-hybridized carbons (Fsp3) is 0.211. The molecule has 0 fully saturated rings. The Hall–Kier alpha value is -3.88. The molecule has 2 unspecified atom stereocenters. The van der Waals surface area contributed by atoms with Gasteiger partial charge in [0.25, 0.3) is 0 Å². The van der Waals surface area contributed by atoms with E-state index in [1.54, 1.807) is 32.4 Å². The van der Waals surface area contributed by atoms with Crippen LogP contribution in [0.25, 0.3) is 34.2 Å². The molecule has 3 aromatic heterocycles. The third-order valence-corrected chi connectivity index (χ3v) is 6.00. The molecule has 2 radical (unpaired) electrons. The first-order valence-electron chi connectivity index (χ1n) is 15.0. The molecule has 3 aromatic carbocycles. The van der Waals surface area contributed by atoms with Gasteiger partial charge in [-0.2, -0.15) is 0 Å². The predicted molar refractivity (Wildman–Crippen MR) is 182 cm³/mol. The average molecular weight is 997 g/mol. The van der Waals surface area contributed by atoms with Gasteiger partial charge in [0.2, 0.25) is 0 Å². The summed E-state index contributed by atoms with van der Waals surface area (Å²) >= 11 is 0. The summed E-state index contributed by atoms with van der Waals surface area (Å²) in [6.07, 6.45) is 5.03. The molecule has 0 bridgehead atoms. The van der Waals surface area contributed by atoms with Crippen LogP contribution in [0, 0.1) is 32.9 Å². The number of aromatic nitrogens is 6. The number of nitrogens with zero attached hydrogens (tertiary/aromatic N) is 6. The van der Waals surface area contributed by atoms with E-state index in [1.807, 2.05) is 118 Å². The summed E-state index contributed by atoms with van der Waals surface area (Å²) in [5.41, 5.74) is 5.88. The zero-order chi connectivity index (χ0) is 33.1. The van der Waals surface area contributed by atoms with E-state index in [9.17, 15) is 0 Å². The van der Waals surface area contributed by atoms with Gasteiger partial charge in [-0.1, -0.05) is 30.3 Å². The Morgan fingerprint density at radius 3 is 1.23 bits per heavy atom. The van der Waals surface area contributed by atoms with Crippen molar-refractivity contribution < 1.29 is 50.4 Å². The third-order valence-electron chi connectivity index (χ3n) is 6.00. The molecule has 0 amide bonds. The van der Waals surface area contributed by atoms with Crippen molar-refractivity contribution in [3.63, 3.8) is 0 Å². The minimum absolute atomic E-state index is 0. The molecular formula is C38H40Ir2N6O2-2. The second-order valence-corrected chi connectivity index (χ2v) is 10.4. The first-order chi connectivity index (χ1) is 22.2. The molecule has 0 aliphatic heterocycles. The van der Waals surface area contributed by atoms with Gasteiger partial charge < -0.3 is 10.2 Å². The van der Waals surface area contributed by atoms with E-state index in [0.717, 1.165) is 51.2 Å². The summed E-state index contributed by atoms with van der Waals surface area (Å²) in [5, 5.41) is 17.1. The monoisotopic (exact) mass is 998 g/mol. The van der Waals surface area contributed by atoms with Crippen molar-refractivity contribution in [1.82, 2.24) is 29.9 Å². The maximum Gasteiger partial charge on any atom is 0.159 e. The summed E-state index contributed by atoms with van der Waals surface area (Å²) in [6, 6.07) is 37.2. The predicted octanol–water partition coefficient (Wildman–Crippen LogP) is 7.09. The summed E-state index contributed by atoms with van der Waals surface area (Å²) in [5.74, 6) is 2.27. The minimum Gasteiger partial charge on any atom is -0.393 e.